The number of amides is 1. The Kier molecular flexibility index (Phi) is 6.29. The second-order valence-electron chi connectivity index (χ2n) is 6.46. The Morgan fingerprint density at radius 3 is 2.14 bits per heavy atom. The second-order valence-corrected chi connectivity index (χ2v) is 7.31. The summed E-state index contributed by atoms with van der Waals surface area (Å²) in [7, 11) is 0. The molecule has 3 aromatic rings. The van der Waals surface area contributed by atoms with Gasteiger partial charge in [0.25, 0.3) is 5.91 Å². The van der Waals surface area contributed by atoms with Crippen LogP contribution in [-0.2, 0) is 0 Å². The number of rotatable bonds is 4. The minimum Gasteiger partial charge on any atom is -0.332 e. The highest BCUT2D eigenvalue weighted by Gasteiger charge is 2.12. The summed E-state index contributed by atoms with van der Waals surface area (Å²) < 4.78 is 0. The van der Waals surface area contributed by atoms with E-state index < -0.39 is 0 Å². The number of anilines is 3. The number of halogens is 1. The van der Waals surface area contributed by atoms with Crippen LogP contribution < -0.4 is 16.0 Å². The number of hydrogen-bond donors (Lipinski definition) is 3. The first-order chi connectivity index (χ1) is 13.4. The van der Waals surface area contributed by atoms with E-state index in [1.165, 1.54) is 0 Å². The van der Waals surface area contributed by atoms with Crippen molar-refractivity contribution >= 4 is 51.9 Å². The Hall–Kier alpha value is -2.89. The molecule has 0 unspecified atom stereocenters. The van der Waals surface area contributed by atoms with Gasteiger partial charge in [-0.25, -0.2) is 0 Å². The zero-order valence-corrected chi connectivity index (χ0v) is 17.1. The molecule has 0 heterocycles. The zero-order chi connectivity index (χ0) is 20.1. The summed E-state index contributed by atoms with van der Waals surface area (Å²) >= 11 is 11.3. The summed E-state index contributed by atoms with van der Waals surface area (Å²) in [5.74, 6) is -0.206. The van der Waals surface area contributed by atoms with E-state index >= 15 is 0 Å². The van der Waals surface area contributed by atoms with Gasteiger partial charge in [0, 0.05) is 16.4 Å². The van der Waals surface area contributed by atoms with Gasteiger partial charge in [-0.15, -0.1) is 0 Å². The molecule has 0 radical (unpaired) electrons. The Balaban J connectivity index is 1.73. The second kappa shape index (κ2) is 8.87. The van der Waals surface area contributed by atoms with Gasteiger partial charge in [0.15, 0.2) is 5.11 Å². The van der Waals surface area contributed by atoms with Crippen LogP contribution in [0.15, 0.2) is 66.7 Å². The van der Waals surface area contributed by atoms with Crippen LogP contribution in [0.5, 0.6) is 0 Å². The predicted molar refractivity (Wildman–Crippen MR) is 122 cm³/mol. The van der Waals surface area contributed by atoms with Crippen molar-refractivity contribution < 1.29 is 4.79 Å². The molecule has 0 saturated heterocycles. The topological polar surface area (TPSA) is 53.2 Å². The number of benzene rings is 3. The van der Waals surface area contributed by atoms with E-state index in [-0.39, 0.29) is 5.91 Å². The van der Waals surface area contributed by atoms with Crippen molar-refractivity contribution in [3.63, 3.8) is 0 Å². The minimum atomic E-state index is -0.206. The van der Waals surface area contributed by atoms with E-state index in [9.17, 15) is 4.79 Å². The Morgan fingerprint density at radius 1 is 0.821 bits per heavy atom. The highest BCUT2D eigenvalue weighted by atomic mass is 35.5. The van der Waals surface area contributed by atoms with Gasteiger partial charge in [0.05, 0.1) is 11.3 Å². The van der Waals surface area contributed by atoms with Crippen LogP contribution in [0, 0.1) is 13.8 Å². The molecule has 0 aliphatic carbocycles. The number of nitrogens with one attached hydrogen (secondary N) is 3. The average molecular weight is 410 g/mol. The van der Waals surface area contributed by atoms with Crippen LogP contribution in [0.2, 0.25) is 5.02 Å². The largest absolute Gasteiger partial charge is 0.332 e. The number of carbonyl (C=O) groups excluding carboxylic acids is 1. The lowest BCUT2D eigenvalue weighted by atomic mass is 10.1. The molecule has 0 spiro atoms. The third-order valence-electron chi connectivity index (χ3n) is 4.00. The van der Waals surface area contributed by atoms with Crippen LogP contribution in [0.25, 0.3) is 0 Å². The summed E-state index contributed by atoms with van der Waals surface area (Å²) in [6, 6.07) is 20.4. The van der Waals surface area contributed by atoms with E-state index in [2.05, 4.69) is 22.0 Å². The van der Waals surface area contributed by atoms with Crippen molar-refractivity contribution in [1.82, 2.24) is 0 Å². The highest BCUT2D eigenvalue weighted by Crippen LogP contribution is 2.20. The third kappa shape index (κ3) is 5.31. The van der Waals surface area contributed by atoms with E-state index in [0.29, 0.717) is 21.4 Å². The standard InChI is InChI=1S/C22H20ClN3OS/c1-14-11-15(2)13-18(12-14)24-21(27)19-5-3-4-6-20(19)26-22(28)25-17-9-7-16(23)8-10-17/h3-13H,1-2H3,(H,24,27)(H2,25,26,28). The first-order valence-electron chi connectivity index (χ1n) is 8.73. The molecule has 4 nitrogen and oxygen atoms in total. The molecule has 0 aromatic heterocycles. The fourth-order valence-electron chi connectivity index (χ4n) is 2.85. The van der Waals surface area contributed by atoms with Gasteiger partial charge >= 0.3 is 0 Å². The van der Waals surface area contributed by atoms with Crippen molar-refractivity contribution in [2.24, 2.45) is 0 Å². The third-order valence-corrected chi connectivity index (χ3v) is 4.46. The van der Waals surface area contributed by atoms with Crippen LogP contribution in [0.4, 0.5) is 17.1 Å². The molecule has 3 rings (SSSR count). The Bertz CT molecular complexity index is 998. The summed E-state index contributed by atoms with van der Waals surface area (Å²) in [5.41, 5.74) is 4.88. The normalized spacial score (nSPS) is 10.2. The van der Waals surface area contributed by atoms with Crippen molar-refractivity contribution in [3.05, 3.63) is 88.4 Å². The van der Waals surface area contributed by atoms with Gasteiger partial charge in [-0.2, -0.15) is 0 Å². The Morgan fingerprint density at radius 2 is 1.46 bits per heavy atom. The van der Waals surface area contributed by atoms with Gasteiger partial charge in [0.1, 0.15) is 0 Å². The monoisotopic (exact) mass is 409 g/mol. The molecule has 3 aromatic carbocycles. The maximum Gasteiger partial charge on any atom is 0.257 e. The van der Waals surface area contributed by atoms with Gasteiger partial charge in [-0.3, -0.25) is 4.79 Å². The van der Waals surface area contributed by atoms with Crippen LogP contribution in [-0.4, -0.2) is 11.0 Å². The van der Waals surface area contributed by atoms with Gasteiger partial charge in [0.2, 0.25) is 0 Å². The molecule has 28 heavy (non-hydrogen) atoms. The molecule has 0 atom stereocenters. The predicted octanol–water partition coefficient (Wildman–Crippen LogP) is 6.02. The molecular weight excluding hydrogens is 390 g/mol. The molecule has 142 valence electrons. The summed E-state index contributed by atoms with van der Waals surface area (Å²) in [4.78, 5) is 12.8. The molecule has 3 N–H and O–H groups in total. The van der Waals surface area contributed by atoms with E-state index in [1.807, 2.05) is 56.3 Å². The van der Waals surface area contributed by atoms with Crippen molar-refractivity contribution in [2.45, 2.75) is 13.8 Å². The molecule has 1 amide bonds. The lowest BCUT2D eigenvalue weighted by molar-refractivity contribution is 0.102. The molecule has 0 aliphatic rings. The maximum atomic E-state index is 12.8. The average Bonchev–Trinajstić information content (AvgIpc) is 2.63. The first-order valence-corrected chi connectivity index (χ1v) is 9.51. The smallest absolute Gasteiger partial charge is 0.257 e. The molecule has 6 heteroatoms. The van der Waals surface area contributed by atoms with Gasteiger partial charge in [-0.05, 0) is 85.7 Å². The zero-order valence-electron chi connectivity index (χ0n) is 15.5. The number of carbonyl (C=O) groups is 1. The van der Waals surface area contributed by atoms with E-state index in [4.69, 9.17) is 23.8 Å². The van der Waals surface area contributed by atoms with Crippen molar-refractivity contribution in [1.29, 1.82) is 0 Å². The lowest BCUT2D eigenvalue weighted by Crippen LogP contribution is -2.22. The number of thiocarbonyl (C=S) groups is 1. The summed E-state index contributed by atoms with van der Waals surface area (Å²) in [6.45, 7) is 4.00. The van der Waals surface area contributed by atoms with E-state index in [1.54, 1.807) is 18.2 Å². The van der Waals surface area contributed by atoms with Gasteiger partial charge < -0.3 is 16.0 Å². The van der Waals surface area contributed by atoms with Crippen LogP contribution in [0.1, 0.15) is 21.5 Å². The van der Waals surface area contributed by atoms with E-state index in [0.717, 1.165) is 22.5 Å². The maximum absolute atomic E-state index is 12.8. The molecular formula is C22H20ClN3OS. The lowest BCUT2D eigenvalue weighted by Gasteiger charge is -2.14. The number of hydrogen-bond acceptors (Lipinski definition) is 2. The fourth-order valence-corrected chi connectivity index (χ4v) is 3.21. The molecule has 0 bridgehead atoms. The molecule has 0 fully saturated rings. The Labute approximate surface area is 174 Å². The van der Waals surface area contributed by atoms with Crippen LogP contribution >= 0.6 is 23.8 Å². The summed E-state index contributed by atoms with van der Waals surface area (Å²) in [5, 5.41) is 10.2. The van der Waals surface area contributed by atoms with Gasteiger partial charge in [-0.1, -0.05) is 29.8 Å². The van der Waals surface area contributed by atoms with Crippen molar-refractivity contribution in [3.8, 4) is 0 Å². The molecule has 0 aliphatic heterocycles. The SMILES string of the molecule is Cc1cc(C)cc(NC(=O)c2ccccc2NC(=S)Nc2ccc(Cl)cc2)c1. The highest BCUT2D eigenvalue weighted by molar-refractivity contribution is 7.80. The van der Waals surface area contributed by atoms with Crippen molar-refractivity contribution in [2.75, 3.05) is 16.0 Å². The minimum absolute atomic E-state index is 0.206. The fraction of sp³-hybridized carbons (Fsp3) is 0.0909. The number of para-hydroxylation sites is 1. The number of aryl methyl sites for hydroxylation is 2. The quantitative estimate of drug-likeness (QED) is 0.461. The summed E-state index contributed by atoms with van der Waals surface area (Å²) in [6.07, 6.45) is 0. The first kappa shape index (κ1) is 19.9. The molecule has 0 saturated carbocycles. The van der Waals surface area contributed by atoms with Crippen LogP contribution in [0.3, 0.4) is 0 Å².